The van der Waals surface area contributed by atoms with Gasteiger partial charge in [0.15, 0.2) is 0 Å². The smallest absolute Gasteiger partial charge is 0.419 e. The Kier molecular flexibility index (Phi) is 9.04. The highest BCUT2D eigenvalue weighted by molar-refractivity contribution is 6.31. The molecule has 230 valence electrons. The van der Waals surface area contributed by atoms with E-state index in [4.69, 9.17) is 32.9 Å². The maximum Gasteiger partial charge on any atom is 0.419 e. The molecule has 0 saturated carbocycles. The lowest BCUT2D eigenvalue weighted by Crippen LogP contribution is -2.56. The van der Waals surface area contributed by atoms with Crippen LogP contribution < -0.4 is 14.5 Å². The number of halogens is 4. The number of piperazine rings is 1. The van der Waals surface area contributed by atoms with Gasteiger partial charge in [-0.05, 0) is 44.0 Å². The van der Waals surface area contributed by atoms with Gasteiger partial charge in [-0.2, -0.15) is 23.1 Å². The van der Waals surface area contributed by atoms with Crippen LogP contribution in [0.25, 0.3) is 4.85 Å². The van der Waals surface area contributed by atoms with Crippen molar-refractivity contribution in [3.63, 3.8) is 0 Å². The number of fused-ring (bicyclic) bond motifs is 1. The summed E-state index contributed by atoms with van der Waals surface area (Å²) in [5, 5.41) is -0.351. The van der Waals surface area contributed by atoms with Gasteiger partial charge in [0.25, 0.3) is 0 Å². The summed E-state index contributed by atoms with van der Waals surface area (Å²) >= 11 is 6.04. The van der Waals surface area contributed by atoms with E-state index in [-0.39, 0.29) is 47.8 Å². The van der Waals surface area contributed by atoms with E-state index in [0.717, 1.165) is 18.5 Å². The fourth-order valence-electron chi connectivity index (χ4n) is 6.42. The number of benzene rings is 1. The summed E-state index contributed by atoms with van der Waals surface area (Å²) in [4.78, 5) is 33.1. The Morgan fingerprint density at radius 1 is 1.21 bits per heavy atom. The van der Waals surface area contributed by atoms with Gasteiger partial charge in [0.2, 0.25) is 12.5 Å². The molecule has 3 atom stereocenters. The molecule has 3 aliphatic heterocycles. The van der Waals surface area contributed by atoms with E-state index in [9.17, 15) is 18.0 Å². The summed E-state index contributed by atoms with van der Waals surface area (Å²) in [7, 11) is 2.05. The lowest BCUT2D eigenvalue weighted by molar-refractivity contribution is -0.137. The highest BCUT2D eigenvalue weighted by Crippen LogP contribution is 2.43. The molecule has 2 fully saturated rings. The van der Waals surface area contributed by atoms with E-state index in [1.165, 1.54) is 24.3 Å². The molecule has 1 aromatic carbocycles. The number of anilines is 2. The second kappa shape index (κ2) is 12.6. The van der Waals surface area contributed by atoms with Gasteiger partial charge in [0.1, 0.15) is 18.5 Å². The van der Waals surface area contributed by atoms with E-state index < -0.39 is 11.7 Å². The first kappa shape index (κ1) is 30.9. The van der Waals surface area contributed by atoms with Crippen LogP contribution in [-0.2, 0) is 23.9 Å². The number of likely N-dealkylation sites (N-methyl/N-ethyl adjacent to an activating group) is 1. The van der Waals surface area contributed by atoms with Crippen LogP contribution in [0.15, 0.2) is 30.9 Å². The van der Waals surface area contributed by atoms with Crippen molar-refractivity contribution in [3.05, 3.63) is 64.1 Å². The molecule has 13 heteroatoms. The number of hydrogen-bond acceptors (Lipinski definition) is 7. The molecule has 0 bridgehead atoms. The van der Waals surface area contributed by atoms with Crippen LogP contribution in [0.1, 0.15) is 30.2 Å². The zero-order valence-electron chi connectivity index (χ0n) is 24.3. The van der Waals surface area contributed by atoms with Crippen molar-refractivity contribution >= 4 is 29.0 Å². The van der Waals surface area contributed by atoms with Crippen molar-refractivity contribution in [1.82, 2.24) is 19.8 Å². The topological polar surface area (TPSA) is 69.4 Å². The number of likely N-dealkylation sites (tertiary alicyclic amines) is 1. The summed E-state index contributed by atoms with van der Waals surface area (Å²) in [5.74, 6) is 0.951. The first-order chi connectivity index (χ1) is 20.5. The maximum atomic E-state index is 14.0. The fourth-order valence-corrected chi connectivity index (χ4v) is 6.70. The van der Waals surface area contributed by atoms with Crippen LogP contribution in [0.4, 0.5) is 24.7 Å². The highest BCUT2D eigenvalue weighted by Gasteiger charge is 2.39. The number of rotatable bonds is 7. The Labute approximate surface area is 254 Å². The fraction of sp³-hybridized carbons (Fsp3) is 0.533. The molecular weight excluding hydrogens is 583 g/mol. The lowest BCUT2D eigenvalue weighted by Gasteiger charge is -2.41. The van der Waals surface area contributed by atoms with Crippen LogP contribution in [0.5, 0.6) is 6.01 Å². The number of hydrogen-bond donors (Lipinski definition) is 0. The van der Waals surface area contributed by atoms with Gasteiger partial charge in [0, 0.05) is 44.3 Å². The molecule has 1 unspecified atom stereocenters. The van der Waals surface area contributed by atoms with Crippen molar-refractivity contribution in [2.75, 3.05) is 62.7 Å². The summed E-state index contributed by atoms with van der Waals surface area (Å²) in [6.45, 7) is 16.3. The average molecular weight is 618 g/mol. The zero-order valence-corrected chi connectivity index (χ0v) is 25.0. The van der Waals surface area contributed by atoms with Crippen molar-refractivity contribution in [3.8, 4) is 6.01 Å². The Bertz CT molecular complexity index is 1420. The third kappa shape index (κ3) is 6.53. The van der Waals surface area contributed by atoms with Gasteiger partial charge in [-0.1, -0.05) is 31.2 Å². The molecule has 0 spiro atoms. The predicted molar refractivity (Wildman–Crippen MR) is 158 cm³/mol. The van der Waals surface area contributed by atoms with E-state index in [2.05, 4.69) is 30.3 Å². The van der Waals surface area contributed by atoms with Gasteiger partial charge < -0.3 is 24.3 Å². The van der Waals surface area contributed by atoms with E-state index in [1.54, 1.807) is 9.80 Å². The Hall–Kier alpha value is -3.56. The number of nitrogens with zero attached hydrogens (tertiary/aromatic N) is 7. The number of aromatic nitrogens is 2. The summed E-state index contributed by atoms with van der Waals surface area (Å²) < 4.78 is 48.2. The van der Waals surface area contributed by atoms with Crippen molar-refractivity contribution in [2.24, 2.45) is 5.92 Å². The van der Waals surface area contributed by atoms with E-state index in [1.807, 2.05) is 4.90 Å². The minimum atomic E-state index is -4.62. The van der Waals surface area contributed by atoms with Crippen LogP contribution in [0.2, 0.25) is 5.02 Å². The first-order valence-electron chi connectivity index (χ1n) is 14.3. The van der Waals surface area contributed by atoms with Crippen LogP contribution in [0, 0.1) is 12.5 Å². The summed E-state index contributed by atoms with van der Waals surface area (Å²) in [6.07, 6.45) is -1.98. The molecule has 9 nitrogen and oxygen atoms in total. The van der Waals surface area contributed by atoms with Gasteiger partial charge >= 0.3 is 12.2 Å². The molecule has 1 amide bonds. The van der Waals surface area contributed by atoms with Crippen LogP contribution in [-0.4, -0.2) is 90.7 Å². The molecule has 0 radical (unpaired) electrons. The number of carbonyl (C=O) groups is 1. The number of amides is 1. The van der Waals surface area contributed by atoms with Gasteiger partial charge in [0.05, 0.1) is 28.5 Å². The Morgan fingerprint density at radius 3 is 2.67 bits per heavy atom. The van der Waals surface area contributed by atoms with Gasteiger partial charge in [-0.3, -0.25) is 9.69 Å². The lowest BCUT2D eigenvalue weighted by atomic mass is 10.0. The number of carbonyl (C=O) groups excluding carboxylic acids is 1. The average Bonchev–Trinajstić information content (AvgIpc) is 3.30. The molecular formula is C30H35ClF3N7O2. The standard InChI is InChI=1S/C30H35ClF3N7O2/c1-5-26(42)41-12-11-40(16-21(41)14-35-3)28-22-9-10-39(25-8-6-7-23(31)27(25)30(32,33)34)17-24(22)36-29(37-28)43-18-20-13-19(2)15-38(20)4/h5-8,19-21H,1,9-18H2,2,4H3/t19-,20+,21?/m0/s1. The third-order valence-corrected chi connectivity index (χ3v) is 8.80. The summed E-state index contributed by atoms with van der Waals surface area (Å²) in [5.41, 5.74) is 0.549. The largest absolute Gasteiger partial charge is 0.462 e. The number of alkyl halides is 3. The molecule has 2 saturated heterocycles. The van der Waals surface area contributed by atoms with E-state index in [0.29, 0.717) is 56.6 Å². The van der Waals surface area contributed by atoms with Crippen LogP contribution >= 0.6 is 11.6 Å². The van der Waals surface area contributed by atoms with E-state index >= 15 is 0 Å². The SMILES string of the molecule is [C-]#[N+]CC1CN(c2nc(OC[C@H]3C[C@H](C)CN3C)nc3c2CCN(c2cccc(Cl)c2C(F)(F)F)C3)CCN1C(=O)C=C. The predicted octanol–water partition coefficient (Wildman–Crippen LogP) is 4.55. The van der Waals surface area contributed by atoms with Gasteiger partial charge in [-0.25, -0.2) is 6.57 Å². The number of ether oxygens (including phenoxy) is 1. The normalized spacial score (nSPS) is 22.7. The molecule has 0 aliphatic carbocycles. The Balaban J connectivity index is 1.49. The Morgan fingerprint density at radius 2 is 2.00 bits per heavy atom. The molecule has 2 aromatic rings. The van der Waals surface area contributed by atoms with Crippen molar-refractivity contribution in [2.45, 2.75) is 44.6 Å². The monoisotopic (exact) mass is 617 g/mol. The second-order valence-corrected chi connectivity index (χ2v) is 11.9. The molecule has 0 N–H and O–H groups in total. The van der Waals surface area contributed by atoms with Crippen molar-refractivity contribution < 1.29 is 22.7 Å². The molecule has 43 heavy (non-hydrogen) atoms. The second-order valence-electron chi connectivity index (χ2n) is 11.5. The zero-order chi connectivity index (χ0) is 30.9. The molecule has 1 aromatic heterocycles. The molecule has 3 aliphatic rings. The van der Waals surface area contributed by atoms with Crippen LogP contribution in [0.3, 0.4) is 0 Å². The first-order valence-corrected chi connectivity index (χ1v) is 14.7. The highest BCUT2D eigenvalue weighted by atomic mass is 35.5. The third-order valence-electron chi connectivity index (χ3n) is 8.48. The van der Waals surface area contributed by atoms with Crippen molar-refractivity contribution in [1.29, 1.82) is 0 Å². The minimum absolute atomic E-state index is 0.00326. The molecule has 4 heterocycles. The summed E-state index contributed by atoms with van der Waals surface area (Å²) in [6, 6.07) is 4.20. The molecule has 5 rings (SSSR count). The minimum Gasteiger partial charge on any atom is -0.462 e. The maximum absolute atomic E-state index is 14.0. The van der Waals surface area contributed by atoms with Gasteiger partial charge in [-0.15, -0.1) is 0 Å². The quantitative estimate of drug-likeness (QED) is 0.334.